The lowest BCUT2D eigenvalue weighted by atomic mass is 10.1. The molecular weight excluding hydrogens is 295 g/mol. The number of hydrogen-bond donors (Lipinski definition) is 2. The van der Waals surface area contributed by atoms with Gasteiger partial charge in [-0.3, -0.25) is 4.79 Å². The van der Waals surface area contributed by atoms with Gasteiger partial charge in [-0.2, -0.15) is 0 Å². The van der Waals surface area contributed by atoms with Gasteiger partial charge >= 0.3 is 0 Å². The number of para-hydroxylation sites is 2. The van der Waals surface area contributed by atoms with Crippen molar-refractivity contribution in [2.24, 2.45) is 0 Å². The van der Waals surface area contributed by atoms with Crippen LogP contribution in [0.1, 0.15) is 10.4 Å². The van der Waals surface area contributed by atoms with E-state index in [2.05, 4.69) is 5.32 Å². The Bertz CT molecular complexity index is 804. The molecule has 0 aliphatic carbocycles. The van der Waals surface area contributed by atoms with E-state index in [9.17, 15) is 17.6 Å². The maximum Gasteiger partial charge on any atom is 0.257 e. The molecule has 2 aromatic carbocycles. The second kappa shape index (κ2) is 5.53. The maximum absolute atomic E-state index is 13.3. The van der Waals surface area contributed by atoms with Gasteiger partial charge in [-0.25, -0.2) is 12.8 Å². The number of rotatable bonds is 3. The van der Waals surface area contributed by atoms with E-state index >= 15 is 0 Å². The smallest absolute Gasteiger partial charge is 0.257 e. The van der Waals surface area contributed by atoms with Gasteiger partial charge < -0.3 is 11.1 Å². The maximum atomic E-state index is 13.3. The average molecular weight is 308 g/mol. The number of nitrogen functional groups attached to an aromatic ring is 1. The third-order valence-electron chi connectivity index (χ3n) is 2.83. The van der Waals surface area contributed by atoms with E-state index in [4.69, 9.17) is 5.73 Å². The number of hydrogen-bond acceptors (Lipinski definition) is 4. The summed E-state index contributed by atoms with van der Waals surface area (Å²) in [7, 11) is -3.50. The van der Waals surface area contributed by atoms with Crippen LogP contribution in [0.5, 0.6) is 0 Å². The first-order valence-electron chi connectivity index (χ1n) is 5.95. The van der Waals surface area contributed by atoms with Crippen LogP contribution in [0.3, 0.4) is 0 Å². The summed E-state index contributed by atoms with van der Waals surface area (Å²) in [5.41, 5.74) is 5.28. The zero-order valence-corrected chi connectivity index (χ0v) is 11.9. The van der Waals surface area contributed by atoms with Crippen LogP contribution in [0.25, 0.3) is 0 Å². The highest BCUT2D eigenvalue weighted by atomic mass is 32.2. The summed E-state index contributed by atoms with van der Waals surface area (Å²) in [6.45, 7) is 0. The Morgan fingerprint density at radius 3 is 2.48 bits per heavy atom. The van der Waals surface area contributed by atoms with Gasteiger partial charge in [-0.05, 0) is 24.3 Å². The average Bonchev–Trinajstić information content (AvgIpc) is 2.41. The fourth-order valence-electron chi connectivity index (χ4n) is 1.82. The Morgan fingerprint density at radius 2 is 1.81 bits per heavy atom. The van der Waals surface area contributed by atoms with Crippen molar-refractivity contribution in [3.05, 3.63) is 53.8 Å². The molecule has 3 N–H and O–H groups in total. The summed E-state index contributed by atoms with van der Waals surface area (Å²) in [5, 5.41) is 2.44. The SMILES string of the molecule is CS(=O)(=O)c1ccccc1NC(=O)c1cccc(F)c1N. The van der Waals surface area contributed by atoms with Crippen LogP contribution in [0, 0.1) is 5.82 Å². The van der Waals surface area contributed by atoms with Crippen LogP contribution in [0.4, 0.5) is 15.8 Å². The highest BCUT2D eigenvalue weighted by molar-refractivity contribution is 7.90. The molecule has 0 bridgehead atoms. The Balaban J connectivity index is 2.40. The van der Waals surface area contributed by atoms with Crippen LogP contribution < -0.4 is 11.1 Å². The van der Waals surface area contributed by atoms with E-state index in [0.29, 0.717) is 0 Å². The van der Waals surface area contributed by atoms with Crippen LogP contribution in [-0.2, 0) is 9.84 Å². The van der Waals surface area contributed by atoms with Crippen molar-refractivity contribution in [1.29, 1.82) is 0 Å². The van der Waals surface area contributed by atoms with Crippen molar-refractivity contribution >= 4 is 27.1 Å². The highest BCUT2D eigenvalue weighted by Gasteiger charge is 2.17. The summed E-state index contributed by atoms with van der Waals surface area (Å²) < 4.78 is 36.7. The molecule has 5 nitrogen and oxygen atoms in total. The zero-order chi connectivity index (χ0) is 15.6. The van der Waals surface area contributed by atoms with Crippen molar-refractivity contribution < 1.29 is 17.6 Å². The van der Waals surface area contributed by atoms with Crippen molar-refractivity contribution in [3.8, 4) is 0 Å². The first kappa shape index (κ1) is 15.0. The molecule has 0 aliphatic rings. The number of sulfone groups is 1. The van der Waals surface area contributed by atoms with Crippen LogP contribution in [-0.4, -0.2) is 20.6 Å². The van der Waals surface area contributed by atoms with E-state index in [0.717, 1.165) is 12.3 Å². The summed E-state index contributed by atoms with van der Waals surface area (Å²) in [4.78, 5) is 12.1. The van der Waals surface area contributed by atoms with Gasteiger partial charge in [0.05, 0.1) is 21.8 Å². The molecule has 1 amide bonds. The normalized spacial score (nSPS) is 11.1. The fraction of sp³-hybridized carbons (Fsp3) is 0.0714. The van der Waals surface area contributed by atoms with E-state index in [1.54, 1.807) is 12.1 Å². The lowest BCUT2D eigenvalue weighted by Gasteiger charge is -2.11. The van der Waals surface area contributed by atoms with Crippen molar-refractivity contribution in [3.63, 3.8) is 0 Å². The van der Waals surface area contributed by atoms with Crippen molar-refractivity contribution in [2.75, 3.05) is 17.3 Å². The van der Waals surface area contributed by atoms with Crippen LogP contribution in [0.2, 0.25) is 0 Å². The number of carbonyl (C=O) groups excluding carboxylic acids is 1. The highest BCUT2D eigenvalue weighted by Crippen LogP contribution is 2.23. The molecule has 110 valence electrons. The molecule has 2 rings (SSSR count). The summed E-state index contributed by atoms with van der Waals surface area (Å²) in [5.74, 6) is -1.39. The molecule has 0 spiro atoms. The van der Waals surface area contributed by atoms with Crippen LogP contribution >= 0.6 is 0 Å². The summed E-state index contributed by atoms with van der Waals surface area (Å²) in [6, 6.07) is 9.79. The standard InChI is InChI=1S/C14H13FN2O3S/c1-21(19,20)12-8-3-2-7-11(12)17-14(18)9-5-4-6-10(15)13(9)16/h2-8H,16H2,1H3,(H,17,18). The summed E-state index contributed by atoms with van der Waals surface area (Å²) >= 11 is 0. The molecule has 7 heteroatoms. The topological polar surface area (TPSA) is 89.3 Å². The third kappa shape index (κ3) is 3.19. The second-order valence-electron chi connectivity index (χ2n) is 4.42. The fourth-order valence-corrected chi connectivity index (χ4v) is 2.66. The number of anilines is 2. The molecule has 0 saturated carbocycles. The van der Waals surface area contributed by atoms with E-state index in [-0.39, 0.29) is 21.8 Å². The van der Waals surface area contributed by atoms with Gasteiger partial charge in [0.2, 0.25) is 0 Å². The van der Waals surface area contributed by atoms with Crippen molar-refractivity contribution in [2.45, 2.75) is 4.90 Å². The predicted molar refractivity (Wildman–Crippen MR) is 78.3 cm³/mol. The lowest BCUT2D eigenvalue weighted by molar-refractivity contribution is 0.102. The van der Waals surface area contributed by atoms with Gasteiger partial charge in [0.1, 0.15) is 5.82 Å². The quantitative estimate of drug-likeness (QED) is 0.849. The molecule has 0 fully saturated rings. The zero-order valence-electron chi connectivity index (χ0n) is 11.1. The van der Waals surface area contributed by atoms with Gasteiger partial charge in [-0.1, -0.05) is 18.2 Å². The predicted octanol–water partition coefficient (Wildman–Crippen LogP) is 2.06. The number of carbonyl (C=O) groups is 1. The number of halogens is 1. The minimum atomic E-state index is -3.50. The first-order chi connectivity index (χ1) is 9.80. The molecule has 0 aromatic heterocycles. The minimum Gasteiger partial charge on any atom is -0.396 e. The second-order valence-corrected chi connectivity index (χ2v) is 6.41. The largest absolute Gasteiger partial charge is 0.396 e. The van der Waals surface area contributed by atoms with E-state index < -0.39 is 21.6 Å². The van der Waals surface area contributed by atoms with Gasteiger partial charge in [0.15, 0.2) is 9.84 Å². The molecule has 0 aliphatic heterocycles. The Labute approximate surface area is 121 Å². The molecule has 2 aromatic rings. The first-order valence-corrected chi connectivity index (χ1v) is 7.84. The third-order valence-corrected chi connectivity index (χ3v) is 3.99. The number of nitrogens with one attached hydrogen (secondary N) is 1. The van der Waals surface area contributed by atoms with Gasteiger partial charge in [-0.15, -0.1) is 0 Å². The molecular formula is C14H13FN2O3S. The Kier molecular flexibility index (Phi) is 3.95. The number of nitrogens with two attached hydrogens (primary N) is 1. The van der Waals surface area contributed by atoms with Gasteiger partial charge in [0, 0.05) is 6.26 Å². The molecule has 0 radical (unpaired) electrons. The van der Waals surface area contributed by atoms with Crippen LogP contribution in [0.15, 0.2) is 47.4 Å². The summed E-state index contributed by atoms with van der Waals surface area (Å²) in [6.07, 6.45) is 1.04. The molecule has 21 heavy (non-hydrogen) atoms. The molecule has 0 saturated heterocycles. The van der Waals surface area contributed by atoms with Crippen molar-refractivity contribution in [1.82, 2.24) is 0 Å². The Morgan fingerprint density at radius 1 is 1.14 bits per heavy atom. The Hall–Kier alpha value is -2.41. The molecule has 0 unspecified atom stereocenters. The number of benzene rings is 2. The monoisotopic (exact) mass is 308 g/mol. The molecule has 0 atom stereocenters. The van der Waals surface area contributed by atoms with E-state index in [1.807, 2.05) is 0 Å². The van der Waals surface area contributed by atoms with E-state index in [1.165, 1.54) is 24.3 Å². The lowest BCUT2D eigenvalue weighted by Crippen LogP contribution is -2.16. The van der Waals surface area contributed by atoms with Gasteiger partial charge in [0.25, 0.3) is 5.91 Å². The molecule has 0 heterocycles. The minimum absolute atomic E-state index is 0.0201. The number of amides is 1.